The summed E-state index contributed by atoms with van der Waals surface area (Å²) in [6, 6.07) is 8.16. The second kappa shape index (κ2) is 4.52. The predicted octanol–water partition coefficient (Wildman–Crippen LogP) is 1.64. The van der Waals surface area contributed by atoms with E-state index in [1.54, 1.807) is 0 Å². The van der Waals surface area contributed by atoms with Crippen LogP contribution >= 0.6 is 11.8 Å². The number of fused-ring (bicyclic) bond motifs is 1. The van der Waals surface area contributed by atoms with Crippen LogP contribution < -0.4 is 0 Å². The van der Waals surface area contributed by atoms with Crippen molar-refractivity contribution in [3.05, 3.63) is 35.4 Å². The highest BCUT2D eigenvalue weighted by atomic mass is 32.2. The molecule has 19 heavy (non-hydrogen) atoms. The van der Waals surface area contributed by atoms with Gasteiger partial charge in [-0.2, -0.15) is 0 Å². The Bertz CT molecular complexity index is 610. The Morgan fingerprint density at radius 1 is 1.32 bits per heavy atom. The van der Waals surface area contributed by atoms with Crippen molar-refractivity contribution in [1.82, 2.24) is 4.90 Å². The van der Waals surface area contributed by atoms with Gasteiger partial charge in [-0.25, -0.2) is 8.42 Å². The number of thioether (sulfide) groups is 1. The molecule has 1 aromatic rings. The van der Waals surface area contributed by atoms with Gasteiger partial charge in [-0.05, 0) is 12.5 Å². The van der Waals surface area contributed by atoms with Crippen molar-refractivity contribution in [2.24, 2.45) is 0 Å². The smallest absolute Gasteiger partial charge is 0.157 e. The Morgan fingerprint density at radius 2 is 2.00 bits per heavy atom. The van der Waals surface area contributed by atoms with E-state index in [0.29, 0.717) is 11.7 Å². The zero-order chi connectivity index (χ0) is 13.6. The van der Waals surface area contributed by atoms with E-state index < -0.39 is 9.84 Å². The average molecular weight is 296 g/mol. The van der Waals surface area contributed by atoms with Gasteiger partial charge in [0.15, 0.2) is 15.0 Å². The minimum Gasteiger partial charge on any atom is -0.342 e. The monoisotopic (exact) mass is 296 g/mol. The summed E-state index contributed by atoms with van der Waals surface area (Å²) in [5.74, 6) is 0.411. The summed E-state index contributed by atoms with van der Waals surface area (Å²) in [6.07, 6.45) is 0. The van der Waals surface area contributed by atoms with E-state index in [4.69, 9.17) is 5.41 Å². The maximum Gasteiger partial charge on any atom is 0.157 e. The zero-order valence-corrected chi connectivity index (χ0v) is 12.3. The fraction of sp³-hybridized carbons (Fsp3) is 0.462. The lowest BCUT2D eigenvalue weighted by Gasteiger charge is -2.23. The number of nitrogens with one attached hydrogen (secondary N) is 1. The van der Waals surface area contributed by atoms with Crippen LogP contribution in [0, 0.1) is 12.3 Å². The molecule has 0 amide bonds. The lowest BCUT2D eigenvalue weighted by atomic mass is 10.1. The normalized spacial score (nSPS) is 28.7. The topological polar surface area (TPSA) is 61.2 Å². The van der Waals surface area contributed by atoms with Gasteiger partial charge < -0.3 is 4.90 Å². The molecule has 2 heterocycles. The number of hydrogen-bond donors (Lipinski definition) is 1. The fourth-order valence-electron chi connectivity index (χ4n) is 2.64. The van der Waals surface area contributed by atoms with Gasteiger partial charge in [0, 0.05) is 11.8 Å². The molecule has 102 valence electrons. The second-order valence-electron chi connectivity index (χ2n) is 5.22. The molecule has 3 rings (SSSR count). The number of amidine groups is 1. The van der Waals surface area contributed by atoms with Crippen molar-refractivity contribution in [2.45, 2.75) is 24.8 Å². The Balaban J connectivity index is 1.80. The maximum absolute atomic E-state index is 11.7. The zero-order valence-electron chi connectivity index (χ0n) is 10.7. The van der Waals surface area contributed by atoms with E-state index in [1.165, 1.54) is 17.3 Å². The Labute approximate surface area is 117 Å². The highest BCUT2D eigenvalue weighted by Crippen LogP contribution is 2.38. The molecule has 2 aliphatic heterocycles. The van der Waals surface area contributed by atoms with Crippen molar-refractivity contribution in [3.63, 3.8) is 0 Å². The lowest BCUT2D eigenvalue weighted by molar-refractivity contribution is 0.349. The number of nitrogens with zero attached hydrogens (tertiary/aromatic N) is 1. The fourth-order valence-corrected chi connectivity index (χ4v) is 6.47. The Morgan fingerprint density at radius 3 is 2.68 bits per heavy atom. The van der Waals surface area contributed by atoms with Crippen LogP contribution in [0.2, 0.25) is 0 Å². The third-order valence-corrected chi connectivity index (χ3v) is 6.84. The van der Waals surface area contributed by atoms with Crippen molar-refractivity contribution in [2.75, 3.05) is 11.5 Å². The second-order valence-corrected chi connectivity index (χ2v) is 8.60. The molecule has 0 saturated carbocycles. The molecule has 2 fully saturated rings. The third-order valence-electron chi connectivity index (χ3n) is 3.67. The van der Waals surface area contributed by atoms with Crippen LogP contribution in [0.4, 0.5) is 0 Å². The number of aryl methyl sites for hydroxylation is 1. The lowest BCUT2D eigenvalue weighted by Crippen LogP contribution is -2.36. The van der Waals surface area contributed by atoms with Crippen LogP contribution in [-0.2, 0) is 16.4 Å². The van der Waals surface area contributed by atoms with Crippen LogP contribution in [0.1, 0.15) is 11.1 Å². The minimum absolute atomic E-state index is 0.0243. The molecule has 0 aromatic heterocycles. The first-order valence-electron chi connectivity index (χ1n) is 6.22. The van der Waals surface area contributed by atoms with Crippen molar-refractivity contribution < 1.29 is 8.42 Å². The van der Waals surface area contributed by atoms with Gasteiger partial charge in [0.05, 0.1) is 17.5 Å². The summed E-state index contributed by atoms with van der Waals surface area (Å²) in [5, 5.41) is 8.57. The van der Waals surface area contributed by atoms with Crippen LogP contribution in [0.15, 0.2) is 24.3 Å². The average Bonchev–Trinajstić information content (AvgIpc) is 2.75. The molecule has 1 aromatic carbocycles. The molecule has 4 nitrogen and oxygen atoms in total. The molecular formula is C13H16N2O2S2. The molecule has 1 N–H and O–H groups in total. The first-order chi connectivity index (χ1) is 8.94. The van der Waals surface area contributed by atoms with Gasteiger partial charge >= 0.3 is 0 Å². The molecule has 2 unspecified atom stereocenters. The van der Waals surface area contributed by atoms with Crippen molar-refractivity contribution >= 4 is 26.8 Å². The highest BCUT2D eigenvalue weighted by molar-refractivity contribution is 8.15. The predicted molar refractivity (Wildman–Crippen MR) is 78.3 cm³/mol. The number of hydrogen-bond acceptors (Lipinski definition) is 4. The molecule has 6 heteroatoms. The van der Waals surface area contributed by atoms with Gasteiger partial charge in [-0.1, -0.05) is 41.6 Å². The van der Waals surface area contributed by atoms with E-state index in [0.717, 1.165) is 5.56 Å². The van der Waals surface area contributed by atoms with Crippen molar-refractivity contribution in [1.29, 1.82) is 5.41 Å². The summed E-state index contributed by atoms with van der Waals surface area (Å²) in [6.45, 7) is 2.67. The summed E-state index contributed by atoms with van der Waals surface area (Å²) in [5.41, 5.74) is 2.33. The van der Waals surface area contributed by atoms with Gasteiger partial charge in [0.1, 0.15) is 0 Å². The Hall–Kier alpha value is -1.01. The summed E-state index contributed by atoms with van der Waals surface area (Å²) in [4.78, 5) is 1.94. The summed E-state index contributed by atoms with van der Waals surface area (Å²) >= 11 is 1.40. The molecule has 0 radical (unpaired) electrons. The highest BCUT2D eigenvalue weighted by Gasteiger charge is 2.47. The van der Waals surface area contributed by atoms with E-state index in [-0.39, 0.29) is 22.8 Å². The van der Waals surface area contributed by atoms with Crippen LogP contribution in [-0.4, -0.2) is 41.3 Å². The molecule has 0 spiro atoms. The SMILES string of the molecule is Cc1ccc(CN2C(=N)SC3CS(=O)(=O)CC32)cc1. The molecule has 2 atom stereocenters. The number of rotatable bonds is 2. The first-order valence-corrected chi connectivity index (χ1v) is 8.92. The maximum atomic E-state index is 11.7. The quantitative estimate of drug-likeness (QED) is 0.901. The van der Waals surface area contributed by atoms with Crippen LogP contribution in [0.25, 0.3) is 0 Å². The van der Waals surface area contributed by atoms with E-state index in [9.17, 15) is 8.42 Å². The van der Waals surface area contributed by atoms with Gasteiger partial charge in [0.25, 0.3) is 0 Å². The van der Waals surface area contributed by atoms with Crippen LogP contribution in [0.3, 0.4) is 0 Å². The van der Waals surface area contributed by atoms with E-state index in [1.807, 2.05) is 36.1 Å². The molecule has 0 aliphatic carbocycles. The number of sulfone groups is 1. The molecule has 2 saturated heterocycles. The van der Waals surface area contributed by atoms with Crippen molar-refractivity contribution in [3.8, 4) is 0 Å². The first kappa shape index (κ1) is 13.0. The summed E-state index contributed by atoms with van der Waals surface area (Å²) in [7, 11) is -2.92. The standard InChI is InChI=1S/C13H16N2O2S2/c1-9-2-4-10(5-3-9)6-15-11-7-19(16,17)8-12(11)18-13(15)14/h2-5,11-12,14H,6-8H2,1H3. The van der Waals surface area contributed by atoms with Gasteiger partial charge in [-0.3, -0.25) is 5.41 Å². The number of benzene rings is 1. The molecular weight excluding hydrogens is 280 g/mol. The van der Waals surface area contributed by atoms with E-state index >= 15 is 0 Å². The summed E-state index contributed by atoms with van der Waals surface area (Å²) < 4.78 is 23.4. The molecule has 0 bridgehead atoms. The Kier molecular flexibility index (Phi) is 3.09. The van der Waals surface area contributed by atoms with Gasteiger partial charge in [-0.15, -0.1) is 0 Å². The third kappa shape index (κ3) is 2.51. The molecule has 2 aliphatic rings. The van der Waals surface area contributed by atoms with Crippen LogP contribution in [0.5, 0.6) is 0 Å². The van der Waals surface area contributed by atoms with E-state index in [2.05, 4.69) is 0 Å². The minimum atomic E-state index is -2.92. The van der Waals surface area contributed by atoms with Gasteiger partial charge in [0.2, 0.25) is 0 Å². The largest absolute Gasteiger partial charge is 0.342 e.